The number of aryl methyl sites for hydroxylation is 1. The number of aromatic amines is 1. The highest BCUT2D eigenvalue weighted by atomic mass is 16.5. The van der Waals surface area contributed by atoms with E-state index in [1.165, 1.54) is 13.2 Å². The van der Waals surface area contributed by atoms with E-state index >= 15 is 0 Å². The molecule has 0 aromatic carbocycles. The maximum atomic E-state index is 11.6. The molecule has 0 radical (unpaired) electrons. The molecule has 94 valence electrons. The van der Waals surface area contributed by atoms with Gasteiger partial charge in [0.1, 0.15) is 0 Å². The molecule has 18 heavy (non-hydrogen) atoms. The number of hydrogen-bond acceptors (Lipinski definition) is 5. The van der Waals surface area contributed by atoms with Gasteiger partial charge >= 0.3 is 6.01 Å². The monoisotopic (exact) mass is 248 g/mol. The Morgan fingerprint density at radius 3 is 3.06 bits per heavy atom. The van der Waals surface area contributed by atoms with Crippen molar-refractivity contribution in [1.82, 2.24) is 25.0 Å². The van der Waals surface area contributed by atoms with Crippen molar-refractivity contribution in [1.29, 1.82) is 0 Å². The zero-order valence-corrected chi connectivity index (χ0v) is 9.91. The Hall–Kier alpha value is -2.64. The second-order valence-electron chi connectivity index (χ2n) is 3.37. The summed E-state index contributed by atoms with van der Waals surface area (Å²) in [5, 5.41) is 12.7. The Morgan fingerprint density at radius 2 is 2.44 bits per heavy atom. The number of nitrogens with zero attached hydrogens (tertiary/aromatic N) is 4. The predicted octanol–water partition coefficient (Wildman–Crippen LogP) is 0.199. The molecule has 0 fully saturated rings. The zero-order valence-electron chi connectivity index (χ0n) is 9.91. The topological polar surface area (TPSA) is 97.7 Å². The summed E-state index contributed by atoms with van der Waals surface area (Å²) in [6.07, 6.45) is 4.68. The minimum atomic E-state index is -0.324. The van der Waals surface area contributed by atoms with E-state index in [2.05, 4.69) is 25.6 Å². The van der Waals surface area contributed by atoms with Gasteiger partial charge in [-0.2, -0.15) is 10.1 Å². The summed E-state index contributed by atoms with van der Waals surface area (Å²) in [5.74, 6) is -0.0958. The fourth-order valence-corrected chi connectivity index (χ4v) is 1.26. The molecule has 0 aliphatic rings. The molecule has 0 aliphatic heterocycles. The first-order valence-corrected chi connectivity index (χ1v) is 5.12. The number of aromatic nitrogens is 5. The maximum absolute atomic E-state index is 11.6. The van der Waals surface area contributed by atoms with Crippen molar-refractivity contribution in [3.63, 3.8) is 0 Å². The second kappa shape index (κ2) is 5.13. The van der Waals surface area contributed by atoms with Crippen LogP contribution >= 0.6 is 0 Å². The smallest absolute Gasteiger partial charge is 0.336 e. The fraction of sp³-hybridized carbons (Fsp3) is 0.200. The van der Waals surface area contributed by atoms with E-state index in [9.17, 15) is 4.79 Å². The Balaban J connectivity index is 1.96. The molecule has 2 aromatic rings. The quantitative estimate of drug-likeness (QED) is 0.753. The molecule has 2 aromatic heterocycles. The van der Waals surface area contributed by atoms with Gasteiger partial charge < -0.3 is 4.74 Å². The van der Waals surface area contributed by atoms with Crippen molar-refractivity contribution >= 4 is 17.9 Å². The van der Waals surface area contributed by atoms with Gasteiger partial charge in [-0.25, -0.2) is 5.10 Å². The first-order chi connectivity index (χ1) is 8.69. The predicted molar refractivity (Wildman–Crippen MR) is 63.8 cm³/mol. The highest BCUT2D eigenvalue weighted by Gasteiger charge is 2.04. The fourth-order valence-electron chi connectivity index (χ4n) is 1.26. The molecule has 2 rings (SSSR count). The van der Waals surface area contributed by atoms with Gasteiger partial charge in [-0.1, -0.05) is 0 Å². The van der Waals surface area contributed by atoms with Crippen LogP contribution in [-0.4, -0.2) is 38.0 Å². The number of rotatable bonds is 4. The van der Waals surface area contributed by atoms with E-state index in [4.69, 9.17) is 4.74 Å². The Bertz CT molecular complexity index is 570. The van der Waals surface area contributed by atoms with Crippen molar-refractivity contribution in [3.05, 3.63) is 24.0 Å². The largest absolute Gasteiger partial charge is 0.466 e. The Kier molecular flexibility index (Phi) is 3.37. The van der Waals surface area contributed by atoms with E-state index in [-0.39, 0.29) is 17.9 Å². The lowest BCUT2D eigenvalue weighted by Crippen LogP contribution is -2.09. The van der Waals surface area contributed by atoms with Crippen LogP contribution in [0.25, 0.3) is 6.08 Å². The van der Waals surface area contributed by atoms with Crippen LogP contribution in [0.5, 0.6) is 6.01 Å². The zero-order chi connectivity index (χ0) is 13.0. The van der Waals surface area contributed by atoms with Gasteiger partial charge in [0.25, 0.3) is 5.91 Å². The third-order valence-electron chi connectivity index (χ3n) is 2.15. The van der Waals surface area contributed by atoms with Gasteiger partial charge in [-0.05, 0) is 12.1 Å². The number of hydrogen-bond donors (Lipinski definition) is 2. The third kappa shape index (κ3) is 2.73. The van der Waals surface area contributed by atoms with Crippen LogP contribution in [0.3, 0.4) is 0 Å². The number of ether oxygens (including phenoxy) is 1. The molecule has 0 unspecified atom stereocenters. The highest BCUT2D eigenvalue weighted by Crippen LogP contribution is 2.05. The van der Waals surface area contributed by atoms with Gasteiger partial charge in [0.05, 0.1) is 12.8 Å². The van der Waals surface area contributed by atoms with E-state index in [1.807, 2.05) is 0 Å². The van der Waals surface area contributed by atoms with Crippen LogP contribution in [0.15, 0.2) is 18.3 Å². The van der Waals surface area contributed by atoms with Crippen molar-refractivity contribution in [2.75, 3.05) is 12.4 Å². The average Bonchev–Trinajstić information content (AvgIpc) is 2.96. The molecule has 8 nitrogen and oxygen atoms in total. The van der Waals surface area contributed by atoms with Crippen molar-refractivity contribution in [2.45, 2.75) is 0 Å². The van der Waals surface area contributed by atoms with Crippen molar-refractivity contribution in [3.8, 4) is 6.01 Å². The van der Waals surface area contributed by atoms with E-state index < -0.39 is 0 Å². The number of methoxy groups -OCH3 is 1. The normalized spacial score (nSPS) is 10.8. The Morgan fingerprint density at radius 1 is 1.61 bits per heavy atom. The molecular formula is C10H12N6O2. The van der Waals surface area contributed by atoms with Gasteiger partial charge in [0, 0.05) is 19.3 Å². The van der Waals surface area contributed by atoms with Crippen LogP contribution in [0.2, 0.25) is 0 Å². The number of carbonyl (C=O) groups is 1. The summed E-state index contributed by atoms with van der Waals surface area (Å²) in [6.45, 7) is 0. The van der Waals surface area contributed by atoms with Crippen LogP contribution in [0, 0.1) is 0 Å². The van der Waals surface area contributed by atoms with Crippen molar-refractivity contribution in [2.24, 2.45) is 7.05 Å². The summed E-state index contributed by atoms with van der Waals surface area (Å²) < 4.78 is 6.43. The number of amides is 1. The van der Waals surface area contributed by atoms with Crippen LogP contribution in [0.4, 0.5) is 5.95 Å². The minimum Gasteiger partial charge on any atom is -0.466 e. The lowest BCUT2D eigenvalue weighted by molar-refractivity contribution is -0.111. The molecule has 0 saturated heterocycles. The van der Waals surface area contributed by atoms with E-state index in [1.54, 1.807) is 30.1 Å². The SMILES string of the molecule is COc1n[nH]c(NC(=O)/C=C/c2ccnn2C)n1. The van der Waals surface area contributed by atoms with Gasteiger partial charge in [0.2, 0.25) is 5.95 Å². The summed E-state index contributed by atoms with van der Waals surface area (Å²) in [5.41, 5.74) is 0.820. The molecule has 0 aliphatic carbocycles. The number of carbonyl (C=O) groups excluding carboxylic acids is 1. The van der Waals surface area contributed by atoms with Crippen molar-refractivity contribution < 1.29 is 9.53 Å². The lowest BCUT2D eigenvalue weighted by atomic mass is 10.3. The molecule has 0 saturated carbocycles. The lowest BCUT2D eigenvalue weighted by Gasteiger charge is -1.96. The highest BCUT2D eigenvalue weighted by molar-refractivity contribution is 6.00. The molecule has 1 amide bonds. The third-order valence-corrected chi connectivity index (χ3v) is 2.15. The van der Waals surface area contributed by atoms with E-state index in [0.29, 0.717) is 0 Å². The van der Waals surface area contributed by atoms with Crippen LogP contribution in [0.1, 0.15) is 5.69 Å². The molecule has 2 heterocycles. The molecule has 8 heteroatoms. The first-order valence-electron chi connectivity index (χ1n) is 5.12. The van der Waals surface area contributed by atoms with Crippen LogP contribution in [-0.2, 0) is 11.8 Å². The molecule has 2 N–H and O–H groups in total. The Labute approximate surface area is 103 Å². The molecule has 0 atom stereocenters. The second-order valence-corrected chi connectivity index (χ2v) is 3.37. The van der Waals surface area contributed by atoms with Crippen LogP contribution < -0.4 is 10.1 Å². The standard InChI is InChI=1S/C10H12N6O2/c1-16-7(5-6-11-16)3-4-8(17)12-9-13-10(18-2)15-14-9/h3-6H,1-2H3,(H2,12,13,14,15,17)/b4-3+. The maximum Gasteiger partial charge on any atom is 0.336 e. The molecule has 0 spiro atoms. The van der Waals surface area contributed by atoms with E-state index in [0.717, 1.165) is 5.69 Å². The van der Waals surface area contributed by atoms with Gasteiger partial charge in [0.15, 0.2) is 0 Å². The van der Waals surface area contributed by atoms with Gasteiger partial charge in [-0.15, -0.1) is 5.10 Å². The number of nitrogens with one attached hydrogen (secondary N) is 2. The summed E-state index contributed by atoms with van der Waals surface area (Å²) >= 11 is 0. The summed E-state index contributed by atoms with van der Waals surface area (Å²) in [4.78, 5) is 15.4. The van der Waals surface area contributed by atoms with Gasteiger partial charge in [-0.3, -0.25) is 14.8 Å². The number of anilines is 1. The summed E-state index contributed by atoms with van der Waals surface area (Å²) in [6, 6.07) is 1.96. The average molecular weight is 248 g/mol. The summed E-state index contributed by atoms with van der Waals surface area (Å²) in [7, 11) is 3.23. The number of H-pyrrole nitrogens is 1. The molecule has 0 bridgehead atoms. The molecular weight excluding hydrogens is 236 g/mol. The minimum absolute atomic E-state index is 0.168. The first kappa shape index (κ1) is 11.8.